The van der Waals surface area contributed by atoms with Crippen LogP contribution in [-0.4, -0.2) is 47.8 Å². The van der Waals surface area contributed by atoms with E-state index in [1.165, 1.54) is 29.8 Å². The SMILES string of the molecule is Cc1ccc(/C=C/C=C/C(=O)N2CCCN(C(=O)/C=C/C=C/c3ccc(C(F)(F)F)cc3)CC2)cc1. The van der Waals surface area contributed by atoms with Gasteiger partial charge in [0.1, 0.15) is 0 Å². The third-order valence-corrected chi connectivity index (χ3v) is 5.71. The summed E-state index contributed by atoms with van der Waals surface area (Å²) in [5.74, 6) is -0.259. The van der Waals surface area contributed by atoms with Crippen LogP contribution in [0.5, 0.6) is 0 Å². The van der Waals surface area contributed by atoms with Gasteiger partial charge in [-0.15, -0.1) is 0 Å². The molecule has 2 aromatic carbocycles. The number of aryl methyl sites for hydroxylation is 1. The van der Waals surface area contributed by atoms with Crippen LogP contribution >= 0.6 is 0 Å². The Balaban J connectivity index is 1.45. The standard InChI is InChI=1S/C29H29F3N2O2/c1-23-11-13-24(14-12-23)7-2-4-9-27(35)33-19-6-20-34(22-21-33)28(36)10-5-3-8-25-15-17-26(18-16-25)29(30,31)32/h2-5,7-18H,6,19-22H2,1H3/b7-2+,8-3+,9-4+,10-5+. The Morgan fingerprint density at radius 2 is 1.14 bits per heavy atom. The van der Waals surface area contributed by atoms with Crippen molar-refractivity contribution in [3.63, 3.8) is 0 Å². The maximum Gasteiger partial charge on any atom is 0.416 e. The molecule has 1 fully saturated rings. The van der Waals surface area contributed by atoms with E-state index in [9.17, 15) is 22.8 Å². The molecule has 0 radical (unpaired) electrons. The Hall–Kier alpha value is -3.87. The van der Waals surface area contributed by atoms with Crippen LogP contribution in [0.3, 0.4) is 0 Å². The van der Waals surface area contributed by atoms with Crippen molar-refractivity contribution in [3.8, 4) is 0 Å². The summed E-state index contributed by atoms with van der Waals surface area (Å²) in [4.78, 5) is 28.5. The van der Waals surface area contributed by atoms with Crippen LogP contribution in [-0.2, 0) is 15.8 Å². The first kappa shape index (κ1) is 26.7. The van der Waals surface area contributed by atoms with Crippen molar-refractivity contribution in [2.45, 2.75) is 19.5 Å². The Morgan fingerprint density at radius 3 is 1.58 bits per heavy atom. The van der Waals surface area contributed by atoms with Crippen molar-refractivity contribution >= 4 is 24.0 Å². The van der Waals surface area contributed by atoms with E-state index < -0.39 is 11.7 Å². The van der Waals surface area contributed by atoms with Gasteiger partial charge in [0.2, 0.25) is 11.8 Å². The van der Waals surface area contributed by atoms with Gasteiger partial charge in [0.05, 0.1) is 5.56 Å². The predicted octanol–water partition coefficient (Wildman–Crippen LogP) is 5.91. The van der Waals surface area contributed by atoms with Gasteiger partial charge in [0.15, 0.2) is 0 Å². The molecular formula is C29H29F3N2O2. The normalized spacial score (nSPS) is 15.4. The summed E-state index contributed by atoms with van der Waals surface area (Å²) in [6, 6.07) is 12.9. The molecule has 4 nitrogen and oxygen atoms in total. The largest absolute Gasteiger partial charge is 0.416 e. The molecular weight excluding hydrogens is 465 g/mol. The first-order valence-electron chi connectivity index (χ1n) is 11.7. The van der Waals surface area contributed by atoms with Crippen molar-refractivity contribution in [2.24, 2.45) is 0 Å². The zero-order valence-electron chi connectivity index (χ0n) is 20.1. The third-order valence-electron chi connectivity index (χ3n) is 5.71. The van der Waals surface area contributed by atoms with Gasteiger partial charge < -0.3 is 9.80 Å². The quantitative estimate of drug-likeness (QED) is 0.370. The van der Waals surface area contributed by atoms with Gasteiger partial charge in [-0.1, -0.05) is 78.4 Å². The summed E-state index contributed by atoms with van der Waals surface area (Å²) >= 11 is 0. The highest BCUT2D eigenvalue weighted by molar-refractivity contribution is 5.89. The minimum absolute atomic E-state index is 0.0899. The number of hydrogen-bond donors (Lipinski definition) is 0. The smallest absolute Gasteiger partial charge is 0.337 e. The summed E-state index contributed by atoms with van der Waals surface area (Å²) < 4.78 is 37.9. The van der Waals surface area contributed by atoms with Crippen molar-refractivity contribution in [3.05, 3.63) is 107 Å². The lowest BCUT2D eigenvalue weighted by Gasteiger charge is -2.20. The van der Waals surface area contributed by atoms with E-state index in [0.29, 0.717) is 38.2 Å². The number of hydrogen-bond acceptors (Lipinski definition) is 2. The molecule has 7 heteroatoms. The molecule has 2 aromatic rings. The maximum absolute atomic E-state index is 12.6. The number of benzene rings is 2. The molecule has 0 bridgehead atoms. The van der Waals surface area contributed by atoms with Gasteiger partial charge in [-0.3, -0.25) is 9.59 Å². The predicted molar refractivity (Wildman–Crippen MR) is 137 cm³/mol. The molecule has 0 spiro atoms. The molecule has 0 aromatic heterocycles. The molecule has 1 saturated heterocycles. The number of carbonyl (C=O) groups excluding carboxylic acids is 2. The second-order valence-electron chi connectivity index (χ2n) is 8.47. The number of carbonyl (C=O) groups is 2. The maximum atomic E-state index is 12.6. The summed E-state index contributed by atoms with van der Waals surface area (Å²) in [6.07, 6.45) is 9.58. The second-order valence-corrected chi connectivity index (χ2v) is 8.47. The molecule has 1 heterocycles. The Morgan fingerprint density at radius 1 is 0.694 bits per heavy atom. The lowest BCUT2D eigenvalue weighted by atomic mass is 10.1. The first-order chi connectivity index (χ1) is 17.2. The molecule has 0 atom stereocenters. The highest BCUT2D eigenvalue weighted by Gasteiger charge is 2.29. The average Bonchev–Trinajstić information content (AvgIpc) is 3.12. The molecule has 0 aliphatic carbocycles. The molecule has 0 unspecified atom stereocenters. The highest BCUT2D eigenvalue weighted by Crippen LogP contribution is 2.29. The number of amides is 2. The number of alkyl halides is 3. The summed E-state index contributed by atoms with van der Waals surface area (Å²) in [6.45, 7) is 4.04. The summed E-state index contributed by atoms with van der Waals surface area (Å²) in [7, 11) is 0. The van der Waals surface area contributed by atoms with Crippen molar-refractivity contribution in [1.82, 2.24) is 9.80 Å². The van der Waals surface area contributed by atoms with Gasteiger partial charge in [0.25, 0.3) is 0 Å². The molecule has 0 saturated carbocycles. The summed E-state index contributed by atoms with van der Waals surface area (Å²) in [5, 5.41) is 0. The molecule has 3 rings (SSSR count). The second kappa shape index (κ2) is 12.7. The van der Waals surface area contributed by atoms with E-state index in [4.69, 9.17) is 0 Å². The fourth-order valence-corrected chi connectivity index (χ4v) is 3.64. The summed E-state index contributed by atoms with van der Waals surface area (Å²) in [5.41, 5.74) is 2.15. The fraction of sp³-hybridized carbons (Fsp3) is 0.241. The molecule has 2 amide bonds. The monoisotopic (exact) mass is 494 g/mol. The lowest BCUT2D eigenvalue weighted by Crippen LogP contribution is -2.36. The number of halogens is 3. The van der Waals surface area contributed by atoms with Gasteiger partial charge in [-0.25, -0.2) is 0 Å². The van der Waals surface area contributed by atoms with Gasteiger partial charge in [-0.2, -0.15) is 13.2 Å². The number of rotatable bonds is 6. The van der Waals surface area contributed by atoms with Crippen LogP contribution in [0.4, 0.5) is 13.2 Å². The van der Waals surface area contributed by atoms with E-state index in [0.717, 1.165) is 17.7 Å². The van der Waals surface area contributed by atoms with E-state index in [1.54, 1.807) is 34.1 Å². The molecule has 1 aliphatic heterocycles. The van der Waals surface area contributed by atoms with E-state index >= 15 is 0 Å². The van der Waals surface area contributed by atoms with Crippen molar-refractivity contribution in [1.29, 1.82) is 0 Å². The molecule has 1 aliphatic rings. The minimum Gasteiger partial charge on any atom is -0.337 e. The van der Waals surface area contributed by atoms with Crippen LogP contribution in [0.1, 0.15) is 28.7 Å². The van der Waals surface area contributed by atoms with E-state index in [1.807, 2.05) is 43.3 Å². The Bertz CT molecular complexity index is 1140. The van der Waals surface area contributed by atoms with E-state index in [-0.39, 0.29) is 11.8 Å². The zero-order chi connectivity index (χ0) is 26.0. The molecule has 36 heavy (non-hydrogen) atoms. The lowest BCUT2D eigenvalue weighted by molar-refractivity contribution is -0.137. The fourth-order valence-electron chi connectivity index (χ4n) is 3.64. The molecule has 188 valence electrons. The van der Waals surface area contributed by atoms with E-state index in [2.05, 4.69) is 0 Å². The van der Waals surface area contributed by atoms with Crippen LogP contribution in [0.2, 0.25) is 0 Å². The topological polar surface area (TPSA) is 40.6 Å². The minimum atomic E-state index is -4.36. The number of nitrogens with zero attached hydrogens (tertiary/aromatic N) is 2. The first-order valence-corrected chi connectivity index (χ1v) is 11.7. The van der Waals surface area contributed by atoms with Gasteiger partial charge >= 0.3 is 6.18 Å². The zero-order valence-corrected chi connectivity index (χ0v) is 20.1. The van der Waals surface area contributed by atoms with Crippen LogP contribution in [0.15, 0.2) is 85.0 Å². The van der Waals surface area contributed by atoms with Gasteiger partial charge in [0, 0.05) is 38.3 Å². The van der Waals surface area contributed by atoms with Crippen LogP contribution < -0.4 is 0 Å². The Kier molecular flexibility index (Phi) is 9.45. The highest BCUT2D eigenvalue weighted by atomic mass is 19.4. The molecule has 0 N–H and O–H groups in total. The number of allylic oxidation sites excluding steroid dienone is 4. The van der Waals surface area contributed by atoms with Crippen molar-refractivity contribution in [2.75, 3.05) is 26.2 Å². The van der Waals surface area contributed by atoms with Gasteiger partial charge in [-0.05, 0) is 36.6 Å². The van der Waals surface area contributed by atoms with Crippen molar-refractivity contribution < 1.29 is 22.8 Å². The Labute approximate surface area is 209 Å². The third kappa shape index (κ3) is 8.41. The van der Waals surface area contributed by atoms with Crippen LogP contribution in [0.25, 0.3) is 12.2 Å². The average molecular weight is 495 g/mol. The van der Waals surface area contributed by atoms with Crippen LogP contribution in [0, 0.1) is 6.92 Å².